The molecule has 0 aromatic heterocycles. The largest absolute Gasteiger partial charge is 0.396 e. The summed E-state index contributed by atoms with van der Waals surface area (Å²) in [6.07, 6.45) is 6.19. The number of aliphatic hydroxyl groups is 1. The van der Waals surface area contributed by atoms with Gasteiger partial charge in [-0.3, -0.25) is 0 Å². The average molecular weight is 261 g/mol. The van der Waals surface area contributed by atoms with Gasteiger partial charge in [-0.05, 0) is 32.3 Å². The molecule has 19 heavy (non-hydrogen) atoms. The fraction of sp³-hybridized carbons (Fsp3) is 0.647. The number of benzene rings is 1. The number of aryl methyl sites for hydroxylation is 1. The minimum Gasteiger partial charge on any atom is -0.396 e. The van der Waals surface area contributed by atoms with E-state index in [1.165, 1.54) is 30.4 Å². The van der Waals surface area contributed by atoms with Crippen molar-refractivity contribution in [3.05, 3.63) is 35.4 Å². The Hall–Kier alpha value is -0.860. The molecule has 1 fully saturated rings. The Labute approximate surface area is 117 Å². The molecule has 0 aliphatic heterocycles. The highest BCUT2D eigenvalue weighted by atomic mass is 16.3. The maximum absolute atomic E-state index is 9.72. The minimum atomic E-state index is 0.122. The number of rotatable bonds is 5. The van der Waals surface area contributed by atoms with Crippen LogP contribution < -0.4 is 5.32 Å². The quantitative estimate of drug-likeness (QED) is 0.849. The predicted octanol–water partition coefficient (Wildman–Crippen LogP) is 3.59. The van der Waals surface area contributed by atoms with Gasteiger partial charge in [0, 0.05) is 24.6 Å². The first kappa shape index (κ1) is 14.5. The third-order valence-electron chi connectivity index (χ3n) is 4.61. The summed E-state index contributed by atoms with van der Waals surface area (Å²) in [4.78, 5) is 0. The molecule has 1 aromatic rings. The second-order valence-corrected chi connectivity index (χ2v) is 6.23. The molecule has 0 radical (unpaired) electrons. The topological polar surface area (TPSA) is 32.3 Å². The summed E-state index contributed by atoms with van der Waals surface area (Å²) < 4.78 is 0. The lowest BCUT2D eigenvalue weighted by atomic mass is 9.74. The molecule has 2 rings (SSSR count). The van der Waals surface area contributed by atoms with Crippen LogP contribution in [-0.2, 0) is 0 Å². The first-order valence-electron chi connectivity index (χ1n) is 7.56. The smallest absolute Gasteiger partial charge is 0.0499 e. The molecule has 1 atom stereocenters. The molecule has 1 saturated carbocycles. The van der Waals surface area contributed by atoms with Crippen molar-refractivity contribution in [2.75, 3.05) is 13.2 Å². The van der Waals surface area contributed by atoms with Gasteiger partial charge in [-0.1, -0.05) is 49.1 Å². The Bertz CT molecular complexity index is 379. The first-order chi connectivity index (χ1) is 9.15. The number of nitrogens with one attached hydrogen (secondary N) is 1. The van der Waals surface area contributed by atoms with Gasteiger partial charge >= 0.3 is 0 Å². The maximum atomic E-state index is 9.72. The molecule has 0 spiro atoms. The number of hydrogen-bond acceptors (Lipinski definition) is 2. The van der Waals surface area contributed by atoms with E-state index in [9.17, 15) is 5.11 Å². The van der Waals surface area contributed by atoms with E-state index in [1.807, 2.05) is 0 Å². The second-order valence-electron chi connectivity index (χ2n) is 6.23. The average Bonchev–Trinajstić information content (AvgIpc) is 2.46. The zero-order valence-electron chi connectivity index (χ0n) is 12.3. The fourth-order valence-electron chi connectivity index (χ4n) is 3.04. The summed E-state index contributed by atoms with van der Waals surface area (Å²) in [5.41, 5.74) is 2.75. The lowest BCUT2D eigenvalue weighted by Crippen LogP contribution is -2.39. The molecule has 1 aliphatic rings. The molecule has 1 aliphatic carbocycles. The van der Waals surface area contributed by atoms with Gasteiger partial charge in [0.2, 0.25) is 0 Å². The van der Waals surface area contributed by atoms with Gasteiger partial charge in [0.15, 0.2) is 0 Å². The SMILES string of the molecule is Cc1ccc(C(C)NCC2(CO)CCCCC2)cc1. The summed E-state index contributed by atoms with van der Waals surface area (Å²) >= 11 is 0. The van der Waals surface area contributed by atoms with Gasteiger partial charge in [-0.25, -0.2) is 0 Å². The highest BCUT2D eigenvalue weighted by molar-refractivity contribution is 5.23. The highest BCUT2D eigenvalue weighted by Crippen LogP contribution is 2.35. The Balaban J connectivity index is 1.91. The van der Waals surface area contributed by atoms with Crippen molar-refractivity contribution in [2.24, 2.45) is 5.41 Å². The third kappa shape index (κ3) is 3.80. The van der Waals surface area contributed by atoms with Crippen LogP contribution in [0.15, 0.2) is 24.3 Å². The van der Waals surface area contributed by atoms with E-state index in [-0.39, 0.29) is 5.41 Å². The molecule has 0 amide bonds. The Kier molecular flexibility index (Phi) is 5.00. The molecule has 2 nitrogen and oxygen atoms in total. The Morgan fingerprint density at radius 3 is 2.37 bits per heavy atom. The van der Waals surface area contributed by atoms with Crippen LogP contribution in [0.5, 0.6) is 0 Å². The lowest BCUT2D eigenvalue weighted by molar-refractivity contribution is 0.0789. The van der Waals surface area contributed by atoms with Crippen molar-refractivity contribution in [3.8, 4) is 0 Å². The van der Waals surface area contributed by atoms with E-state index in [0.717, 1.165) is 19.4 Å². The van der Waals surface area contributed by atoms with Crippen molar-refractivity contribution in [2.45, 2.75) is 52.0 Å². The van der Waals surface area contributed by atoms with Gasteiger partial charge in [-0.15, -0.1) is 0 Å². The fourth-order valence-corrected chi connectivity index (χ4v) is 3.04. The van der Waals surface area contributed by atoms with E-state index in [1.54, 1.807) is 0 Å². The van der Waals surface area contributed by atoms with Gasteiger partial charge in [0.1, 0.15) is 0 Å². The summed E-state index contributed by atoms with van der Waals surface area (Å²) in [7, 11) is 0. The summed E-state index contributed by atoms with van der Waals surface area (Å²) in [5, 5.41) is 13.3. The van der Waals surface area contributed by atoms with E-state index < -0.39 is 0 Å². The van der Waals surface area contributed by atoms with Gasteiger partial charge < -0.3 is 10.4 Å². The second kappa shape index (κ2) is 6.53. The van der Waals surface area contributed by atoms with Crippen LogP contribution in [0, 0.1) is 12.3 Å². The maximum Gasteiger partial charge on any atom is 0.0499 e. The first-order valence-corrected chi connectivity index (χ1v) is 7.56. The Morgan fingerprint density at radius 2 is 1.79 bits per heavy atom. The van der Waals surface area contributed by atoms with Crippen LogP contribution in [0.25, 0.3) is 0 Å². The van der Waals surface area contributed by atoms with E-state index in [0.29, 0.717) is 12.6 Å². The van der Waals surface area contributed by atoms with Crippen LogP contribution in [0.1, 0.15) is 56.2 Å². The van der Waals surface area contributed by atoms with Crippen molar-refractivity contribution in [1.29, 1.82) is 0 Å². The van der Waals surface area contributed by atoms with E-state index >= 15 is 0 Å². The molecule has 2 N–H and O–H groups in total. The van der Waals surface area contributed by atoms with Crippen molar-refractivity contribution < 1.29 is 5.11 Å². The summed E-state index contributed by atoms with van der Waals surface area (Å²) in [6, 6.07) is 9.07. The molecule has 1 unspecified atom stereocenters. The highest BCUT2D eigenvalue weighted by Gasteiger charge is 2.31. The normalized spacial score (nSPS) is 20.2. The van der Waals surface area contributed by atoms with Crippen molar-refractivity contribution in [3.63, 3.8) is 0 Å². The molecular formula is C17H27NO. The molecule has 0 bridgehead atoms. The molecule has 106 valence electrons. The van der Waals surface area contributed by atoms with Crippen molar-refractivity contribution in [1.82, 2.24) is 5.32 Å². The zero-order valence-corrected chi connectivity index (χ0v) is 12.3. The van der Waals surface area contributed by atoms with Crippen molar-refractivity contribution >= 4 is 0 Å². The molecule has 1 aromatic carbocycles. The van der Waals surface area contributed by atoms with Gasteiger partial charge in [-0.2, -0.15) is 0 Å². The standard InChI is InChI=1S/C17H27NO/c1-14-6-8-16(9-7-14)15(2)18-12-17(13-19)10-4-3-5-11-17/h6-9,15,18-19H,3-5,10-13H2,1-2H3. The number of hydrogen-bond donors (Lipinski definition) is 2. The van der Waals surface area contributed by atoms with Crippen LogP contribution >= 0.6 is 0 Å². The van der Waals surface area contributed by atoms with E-state index in [4.69, 9.17) is 0 Å². The zero-order chi connectivity index (χ0) is 13.7. The summed E-state index contributed by atoms with van der Waals surface area (Å²) in [6.45, 7) is 5.57. The summed E-state index contributed by atoms with van der Waals surface area (Å²) in [5.74, 6) is 0. The molecule has 0 saturated heterocycles. The molecule has 2 heteroatoms. The monoisotopic (exact) mass is 261 g/mol. The van der Waals surface area contributed by atoms with Crippen LogP contribution in [0.3, 0.4) is 0 Å². The van der Waals surface area contributed by atoms with Crippen LogP contribution in [0.2, 0.25) is 0 Å². The molecule has 0 heterocycles. The Morgan fingerprint density at radius 1 is 1.16 bits per heavy atom. The third-order valence-corrected chi connectivity index (χ3v) is 4.61. The van der Waals surface area contributed by atoms with Crippen LogP contribution in [-0.4, -0.2) is 18.3 Å². The van der Waals surface area contributed by atoms with Gasteiger partial charge in [0.25, 0.3) is 0 Å². The predicted molar refractivity (Wildman–Crippen MR) is 80.2 cm³/mol. The van der Waals surface area contributed by atoms with Crippen LogP contribution in [0.4, 0.5) is 0 Å². The lowest BCUT2D eigenvalue weighted by Gasteiger charge is -2.36. The van der Waals surface area contributed by atoms with E-state index in [2.05, 4.69) is 43.4 Å². The minimum absolute atomic E-state index is 0.122. The number of aliphatic hydroxyl groups excluding tert-OH is 1. The van der Waals surface area contributed by atoms with Gasteiger partial charge in [0.05, 0.1) is 0 Å². The molecular weight excluding hydrogens is 234 g/mol.